The van der Waals surface area contributed by atoms with E-state index in [4.69, 9.17) is 23.2 Å². The largest absolute Gasteiger partial charge is 0.366 e. The van der Waals surface area contributed by atoms with Crippen LogP contribution in [-0.2, 0) is 0 Å². The quantitative estimate of drug-likeness (QED) is 0.643. The molecule has 3 rings (SSSR count). The maximum absolute atomic E-state index is 14.1. The summed E-state index contributed by atoms with van der Waals surface area (Å²) in [6, 6.07) is 11.0. The van der Waals surface area contributed by atoms with E-state index in [1.54, 1.807) is 36.5 Å². The third kappa shape index (κ3) is 2.65. The molecule has 0 radical (unpaired) electrons. The number of ketones is 1. The van der Waals surface area contributed by atoms with Crippen molar-refractivity contribution in [2.45, 2.75) is 0 Å². The number of hydrogen-bond donors (Lipinski definition) is 1. The molecule has 1 aromatic heterocycles. The minimum Gasteiger partial charge on any atom is -0.366 e. The van der Waals surface area contributed by atoms with Crippen molar-refractivity contribution in [2.75, 3.05) is 0 Å². The Morgan fingerprint density at radius 3 is 2.41 bits per heavy atom. The zero-order valence-corrected chi connectivity index (χ0v) is 12.8. The number of carbonyl (C=O) groups is 1. The molecule has 2 aromatic carbocycles. The zero-order valence-electron chi connectivity index (χ0n) is 11.2. The van der Waals surface area contributed by atoms with Gasteiger partial charge >= 0.3 is 0 Å². The average Bonchev–Trinajstić information content (AvgIpc) is 2.96. The van der Waals surface area contributed by atoms with Crippen LogP contribution < -0.4 is 0 Å². The van der Waals surface area contributed by atoms with Crippen molar-refractivity contribution in [3.05, 3.63) is 81.8 Å². The van der Waals surface area contributed by atoms with Gasteiger partial charge in [-0.25, -0.2) is 4.39 Å². The number of aromatic nitrogens is 1. The smallest absolute Gasteiger partial charge is 0.195 e. The van der Waals surface area contributed by atoms with Crippen LogP contribution in [-0.4, -0.2) is 10.8 Å². The highest BCUT2D eigenvalue weighted by molar-refractivity contribution is 6.33. The van der Waals surface area contributed by atoms with Crippen LogP contribution in [0.3, 0.4) is 0 Å². The highest BCUT2D eigenvalue weighted by atomic mass is 35.5. The molecule has 0 fully saturated rings. The minimum atomic E-state index is -0.475. The van der Waals surface area contributed by atoms with Crippen molar-refractivity contribution in [2.24, 2.45) is 0 Å². The minimum absolute atomic E-state index is 0.211. The van der Waals surface area contributed by atoms with Gasteiger partial charge in [-0.05, 0) is 36.4 Å². The molecular formula is C17H10Cl2FNO. The summed E-state index contributed by atoms with van der Waals surface area (Å²) < 4.78 is 14.1. The molecule has 0 aliphatic carbocycles. The molecule has 5 heteroatoms. The summed E-state index contributed by atoms with van der Waals surface area (Å²) in [5, 5.41) is 0.799. The van der Waals surface area contributed by atoms with Crippen LogP contribution in [0.15, 0.2) is 54.9 Å². The summed E-state index contributed by atoms with van der Waals surface area (Å²) in [4.78, 5) is 15.4. The summed E-state index contributed by atoms with van der Waals surface area (Å²) in [5.74, 6) is -0.704. The van der Waals surface area contributed by atoms with Gasteiger partial charge in [0.1, 0.15) is 5.82 Å². The molecule has 1 N–H and O–H groups in total. The van der Waals surface area contributed by atoms with E-state index >= 15 is 0 Å². The van der Waals surface area contributed by atoms with Crippen LogP contribution in [0.5, 0.6) is 0 Å². The summed E-state index contributed by atoms with van der Waals surface area (Å²) >= 11 is 11.9. The van der Waals surface area contributed by atoms with Crippen LogP contribution >= 0.6 is 23.2 Å². The van der Waals surface area contributed by atoms with Crippen LogP contribution in [0.4, 0.5) is 4.39 Å². The Morgan fingerprint density at radius 2 is 1.73 bits per heavy atom. The average molecular weight is 334 g/mol. The van der Waals surface area contributed by atoms with Gasteiger partial charge in [-0.1, -0.05) is 29.3 Å². The maximum Gasteiger partial charge on any atom is 0.195 e. The second-order valence-electron chi connectivity index (χ2n) is 4.72. The first kappa shape index (κ1) is 14.8. The Morgan fingerprint density at radius 1 is 1.00 bits per heavy atom. The van der Waals surface area contributed by atoms with Gasteiger partial charge in [0, 0.05) is 39.7 Å². The predicted molar refractivity (Wildman–Crippen MR) is 86.1 cm³/mol. The topological polar surface area (TPSA) is 32.9 Å². The lowest BCUT2D eigenvalue weighted by molar-refractivity contribution is 0.103. The summed E-state index contributed by atoms with van der Waals surface area (Å²) in [7, 11) is 0. The lowest BCUT2D eigenvalue weighted by atomic mass is 9.98. The molecule has 0 amide bonds. The highest BCUT2D eigenvalue weighted by Crippen LogP contribution is 2.33. The number of halogens is 3. The first-order chi connectivity index (χ1) is 10.6. The predicted octanol–water partition coefficient (Wildman–Crippen LogP) is 5.36. The number of carbonyl (C=O) groups excluding carboxylic acids is 1. The third-order valence-corrected chi connectivity index (χ3v) is 3.90. The van der Waals surface area contributed by atoms with E-state index < -0.39 is 5.82 Å². The Balaban J connectivity index is 2.10. The molecule has 2 nitrogen and oxygen atoms in total. The number of nitrogens with one attached hydrogen (secondary N) is 1. The zero-order chi connectivity index (χ0) is 15.7. The maximum atomic E-state index is 14.1. The van der Waals surface area contributed by atoms with E-state index in [1.165, 1.54) is 18.3 Å². The number of benzene rings is 2. The molecule has 0 spiro atoms. The van der Waals surface area contributed by atoms with Crippen molar-refractivity contribution in [3.63, 3.8) is 0 Å². The molecule has 0 saturated carbocycles. The molecule has 0 unspecified atom stereocenters. The van der Waals surface area contributed by atoms with Crippen molar-refractivity contribution < 1.29 is 9.18 Å². The fourth-order valence-corrected chi connectivity index (χ4v) is 2.66. The lowest BCUT2D eigenvalue weighted by Crippen LogP contribution is -2.02. The number of hydrogen-bond acceptors (Lipinski definition) is 1. The molecule has 0 aliphatic rings. The number of aromatic amines is 1. The van der Waals surface area contributed by atoms with E-state index in [0.717, 1.165) is 0 Å². The molecule has 3 aromatic rings. The third-order valence-electron chi connectivity index (χ3n) is 3.33. The Labute approximate surface area is 136 Å². The molecule has 0 saturated heterocycles. The molecule has 22 heavy (non-hydrogen) atoms. The van der Waals surface area contributed by atoms with Crippen molar-refractivity contribution in [3.8, 4) is 11.1 Å². The van der Waals surface area contributed by atoms with Crippen molar-refractivity contribution in [1.29, 1.82) is 0 Å². The van der Waals surface area contributed by atoms with Gasteiger partial charge in [-0.3, -0.25) is 4.79 Å². The second kappa shape index (κ2) is 5.95. The fraction of sp³-hybridized carbons (Fsp3) is 0. The van der Waals surface area contributed by atoms with Gasteiger partial charge in [0.15, 0.2) is 5.78 Å². The van der Waals surface area contributed by atoms with E-state index in [2.05, 4.69) is 4.98 Å². The Hall–Kier alpha value is -2.10. The summed E-state index contributed by atoms with van der Waals surface area (Å²) in [5.41, 5.74) is 1.47. The SMILES string of the molecule is O=C(c1ccc(Cl)cc1)c1c[nH]cc1-c1c(F)cccc1Cl. The van der Waals surface area contributed by atoms with Crippen LogP contribution in [0.2, 0.25) is 10.0 Å². The molecule has 0 atom stereocenters. The number of H-pyrrole nitrogens is 1. The van der Waals surface area contributed by atoms with E-state index in [0.29, 0.717) is 21.7 Å². The Kier molecular flexibility index (Phi) is 4.01. The van der Waals surface area contributed by atoms with Crippen LogP contribution in [0.1, 0.15) is 15.9 Å². The first-order valence-electron chi connectivity index (χ1n) is 6.49. The van der Waals surface area contributed by atoms with Gasteiger partial charge in [0.05, 0.1) is 5.02 Å². The van der Waals surface area contributed by atoms with Gasteiger partial charge in [0.25, 0.3) is 0 Å². The Bertz CT molecular complexity index is 820. The summed E-state index contributed by atoms with van der Waals surface area (Å²) in [6.07, 6.45) is 3.10. The van der Waals surface area contributed by atoms with E-state index in [-0.39, 0.29) is 16.4 Å². The second-order valence-corrected chi connectivity index (χ2v) is 5.56. The van der Waals surface area contributed by atoms with E-state index in [1.807, 2.05) is 0 Å². The van der Waals surface area contributed by atoms with Gasteiger partial charge in [0.2, 0.25) is 0 Å². The summed E-state index contributed by atoms with van der Waals surface area (Å²) in [6.45, 7) is 0. The highest BCUT2D eigenvalue weighted by Gasteiger charge is 2.19. The molecular weight excluding hydrogens is 324 g/mol. The number of rotatable bonds is 3. The van der Waals surface area contributed by atoms with Crippen LogP contribution in [0, 0.1) is 5.82 Å². The van der Waals surface area contributed by atoms with E-state index in [9.17, 15) is 9.18 Å². The van der Waals surface area contributed by atoms with Gasteiger partial charge in [-0.15, -0.1) is 0 Å². The van der Waals surface area contributed by atoms with Gasteiger partial charge in [-0.2, -0.15) is 0 Å². The standard InChI is InChI=1S/C17H10Cl2FNO/c18-11-6-4-10(5-7-11)17(22)13-9-21-8-12(13)16-14(19)2-1-3-15(16)20/h1-9,21H. The lowest BCUT2D eigenvalue weighted by Gasteiger charge is -2.07. The first-order valence-corrected chi connectivity index (χ1v) is 7.25. The fourth-order valence-electron chi connectivity index (χ4n) is 2.27. The van der Waals surface area contributed by atoms with Crippen LogP contribution in [0.25, 0.3) is 11.1 Å². The molecule has 0 aliphatic heterocycles. The van der Waals surface area contributed by atoms with Gasteiger partial charge < -0.3 is 4.98 Å². The molecule has 110 valence electrons. The molecule has 1 heterocycles. The monoisotopic (exact) mass is 333 g/mol. The normalized spacial score (nSPS) is 10.7. The van der Waals surface area contributed by atoms with Crippen molar-refractivity contribution in [1.82, 2.24) is 4.98 Å². The molecule has 0 bridgehead atoms. The van der Waals surface area contributed by atoms with Crippen molar-refractivity contribution >= 4 is 29.0 Å².